The van der Waals surface area contributed by atoms with Crippen LogP contribution in [0.4, 0.5) is 0 Å². The predicted molar refractivity (Wildman–Crippen MR) is 312 cm³/mol. The molecule has 0 radical (unpaired) electrons. The van der Waals surface area contributed by atoms with E-state index in [4.69, 9.17) is 14.2 Å². The molecule has 0 aromatic carbocycles. The Morgan fingerprint density at radius 2 is 0.458 bits per heavy atom. The molecule has 0 amide bonds. The Morgan fingerprint density at radius 1 is 0.264 bits per heavy atom. The van der Waals surface area contributed by atoms with Gasteiger partial charge in [0.05, 0.1) is 0 Å². The summed E-state index contributed by atoms with van der Waals surface area (Å²) in [7, 11) is 0. The first-order chi connectivity index (χ1) is 35.5. The van der Waals surface area contributed by atoms with E-state index in [-0.39, 0.29) is 31.1 Å². The molecule has 0 aliphatic heterocycles. The van der Waals surface area contributed by atoms with Crippen LogP contribution >= 0.6 is 0 Å². The fourth-order valence-electron chi connectivity index (χ4n) is 10.1. The van der Waals surface area contributed by atoms with E-state index in [2.05, 4.69) is 32.9 Å². The van der Waals surface area contributed by atoms with E-state index >= 15 is 0 Å². The summed E-state index contributed by atoms with van der Waals surface area (Å²) >= 11 is 0. The van der Waals surface area contributed by atoms with Crippen LogP contribution in [0, 0.1) is 0 Å². The van der Waals surface area contributed by atoms with Gasteiger partial charge in [0.25, 0.3) is 0 Å². The minimum absolute atomic E-state index is 0.0675. The molecule has 0 heterocycles. The van der Waals surface area contributed by atoms with Crippen molar-refractivity contribution in [2.24, 2.45) is 0 Å². The van der Waals surface area contributed by atoms with Crippen LogP contribution in [0.2, 0.25) is 0 Å². The molecular formula is C66H126O6. The Kier molecular flexibility index (Phi) is 60.1. The molecule has 6 nitrogen and oxygen atoms in total. The van der Waals surface area contributed by atoms with E-state index < -0.39 is 6.10 Å². The number of allylic oxidation sites excluding steroid dienone is 2. The van der Waals surface area contributed by atoms with Crippen LogP contribution < -0.4 is 0 Å². The summed E-state index contributed by atoms with van der Waals surface area (Å²) < 4.78 is 16.9. The molecular weight excluding hydrogens is 889 g/mol. The molecule has 0 rings (SSSR count). The lowest BCUT2D eigenvalue weighted by atomic mass is 10.0. The Morgan fingerprint density at radius 3 is 0.708 bits per heavy atom. The van der Waals surface area contributed by atoms with Gasteiger partial charge in [-0.15, -0.1) is 0 Å². The SMILES string of the molecule is CCCCCC/C=C\CCCCCCCC(=O)OC(COC(=O)CCCCCCCCCCCCC)COC(=O)CCCCCCCCCCCCCCCCCCCCCCCCCCCCCCCC. The fourth-order valence-corrected chi connectivity index (χ4v) is 10.1. The summed E-state index contributed by atoms with van der Waals surface area (Å²) in [5.41, 5.74) is 0. The van der Waals surface area contributed by atoms with Crippen molar-refractivity contribution in [3.63, 3.8) is 0 Å². The van der Waals surface area contributed by atoms with E-state index in [1.807, 2.05) is 0 Å². The minimum atomic E-state index is -0.769. The van der Waals surface area contributed by atoms with Gasteiger partial charge in [0, 0.05) is 19.3 Å². The van der Waals surface area contributed by atoms with Gasteiger partial charge in [-0.05, 0) is 44.9 Å². The highest BCUT2D eigenvalue weighted by Gasteiger charge is 2.19. The lowest BCUT2D eigenvalue weighted by Crippen LogP contribution is -2.30. The van der Waals surface area contributed by atoms with Crippen LogP contribution in [-0.2, 0) is 28.6 Å². The van der Waals surface area contributed by atoms with Crippen molar-refractivity contribution in [3.05, 3.63) is 12.2 Å². The number of rotatable bonds is 61. The van der Waals surface area contributed by atoms with Crippen LogP contribution in [0.25, 0.3) is 0 Å². The van der Waals surface area contributed by atoms with Crippen molar-refractivity contribution in [3.8, 4) is 0 Å². The van der Waals surface area contributed by atoms with E-state index in [0.29, 0.717) is 19.3 Å². The Labute approximate surface area is 450 Å². The fraction of sp³-hybridized carbons (Fsp3) is 0.924. The topological polar surface area (TPSA) is 78.9 Å². The zero-order valence-corrected chi connectivity index (χ0v) is 49.0. The van der Waals surface area contributed by atoms with Crippen molar-refractivity contribution in [1.82, 2.24) is 0 Å². The summed E-state index contributed by atoms with van der Waals surface area (Å²) in [5.74, 6) is -0.852. The summed E-state index contributed by atoms with van der Waals surface area (Å²) in [6, 6.07) is 0. The monoisotopic (exact) mass is 1010 g/mol. The van der Waals surface area contributed by atoms with Crippen LogP contribution in [0.3, 0.4) is 0 Å². The molecule has 6 heteroatoms. The maximum absolute atomic E-state index is 12.8. The summed E-state index contributed by atoms with van der Waals surface area (Å²) in [4.78, 5) is 38.1. The molecule has 0 aliphatic carbocycles. The molecule has 0 spiro atoms. The van der Waals surface area contributed by atoms with Crippen LogP contribution in [0.15, 0.2) is 12.2 Å². The maximum atomic E-state index is 12.8. The third-order valence-corrected chi connectivity index (χ3v) is 15.0. The van der Waals surface area contributed by atoms with Gasteiger partial charge >= 0.3 is 17.9 Å². The molecule has 0 aromatic rings. The lowest BCUT2D eigenvalue weighted by Gasteiger charge is -2.18. The Bertz CT molecular complexity index is 1120. The van der Waals surface area contributed by atoms with Crippen molar-refractivity contribution < 1.29 is 28.6 Å². The van der Waals surface area contributed by atoms with Gasteiger partial charge < -0.3 is 14.2 Å². The first-order valence-electron chi connectivity index (χ1n) is 32.7. The van der Waals surface area contributed by atoms with E-state index in [0.717, 1.165) is 64.2 Å². The minimum Gasteiger partial charge on any atom is -0.462 e. The van der Waals surface area contributed by atoms with Gasteiger partial charge in [-0.25, -0.2) is 0 Å². The number of hydrogen-bond acceptors (Lipinski definition) is 6. The number of hydrogen-bond donors (Lipinski definition) is 0. The predicted octanol–water partition coefficient (Wildman–Crippen LogP) is 22.1. The van der Waals surface area contributed by atoms with Gasteiger partial charge in [-0.3, -0.25) is 14.4 Å². The first kappa shape index (κ1) is 70.1. The smallest absolute Gasteiger partial charge is 0.306 e. The van der Waals surface area contributed by atoms with Crippen molar-refractivity contribution in [2.75, 3.05) is 13.2 Å². The zero-order valence-electron chi connectivity index (χ0n) is 49.0. The van der Waals surface area contributed by atoms with Crippen LogP contribution in [0.5, 0.6) is 0 Å². The molecule has 426 valence electrons. The molecule has 72 heavy (non-hydrogen) atoms. The highest BCUT2D eigenvalue weighted by molar-refractivity contribution is 5.71. The lowest BCUT2D eigenvalue weighted by molar-refractivity contribution is -0.167. The molecule has 0 aliphatic rings. The molecule has 1 unspecified atom stereocenters. The molecule has 1 atom stereocenters. The molecule has 0 N–H and O–H groups in total. The summed E-state index contributed by atoms with van der Waals surface area (Å²) in [5, 5.41) is 0. The highest BCUT2D eigenvalue weighted by atomic mass is 16.6. The number of carbonyl (C=O) groups is 3. The van der Waals surface area contributed by atoms with Gasteiger partial charge in [-0.1, -0.05) is 322 Å². The van der Waals surface area contributed by atoms with Gasteiger partial charge in [-0.2, -0.15) is 0 Å². The second kappa shape index (κ2) is 61.7. The second-order valence-electron chi connectivity index (χ2n) is 22.4. The average molecular weight is 1020 g/mol. The third-order valence-electron chi connectivity index (χ3n) is 15.0. The van der Waals surface area contributed by atoms with E-state index in [1.165, 1.54) is 270 Å². The van der Waals surface area contributed by atoms with Gasteiger partial charge in [0.2, 0.25) is 0 Å². The van der Waals surface area contributed by atoms with E-state index in [9.17, 15) is 14.4 Å². The second-order valence-corrected chi connectivity index (χ2v) is 22.4. The maximum Gasteiger partial charge on any atom is 0.306 e. The number of unbranched alkanes of at least 4 members (excludes halogenated alkanes) is 48. The number of carbonyl (C=O) groups excluding carboxylic acids is 3. The standard InChI is InChI=1S/C66H126O6/c1-4-7-10-13-16-19-22-24-25-26-27-28-29-30-31-32-33-34-35-36-37-38-39-40-42-44-47-50-53-56-59-65(68)71-62-63(61-70-64(67)58-55-52-49-46-43-21-18-15-12-9-6-3)72-66(69)60-57-54-51-48-45-41-23-20-17-14-11-8-5-2/h20,23,63H,4-19,21-22,24-62H2,1-3H3/b23-20-. The largest absolute Gasteiger partial charge is 0.462 e. The highest BCUT2D eigenvalue weighted by Crippen LogP contribution is 2.18. The van der Waals surface area contributed by atoms with E-state index in [1.54, 1.807) is 0 Å². The third kappa shape index (κ3) is 59.0. The van der Waals surface area contributed by atoms with Crippen LogP contribution in [-0.4, -0.2) is 37.2 Å². The van der Waals surface area contributed by atoms with Crippen molar-refractivity contribution in [2.45, 2.75) is 380 Å². The molecule has 0 bridgehead atoms. The van der Waals surface area contributed by atoms with Crippen molar-refractivity contribution >= 4 is 17.9 Å². The van der Waals surface area contributed by atoms with Crippen molar-refractivity contribution in [1.29, 1.82) is 0 Å². The molecule has 0 aromatic heterocycles. The molecule has 0 saturated heterocycles. The quantitative estimate of drug-likeness (QED) is 0.0261. The average Bonchev–Trinajstić information content (AvgIpc) is 3.38. The van der Waals surface area contributed by atoms with Gasteiger partial charge in [0.1, 0.15) is 13.2 Å². The van der Waals surface area contributed by atoms with Crippen LogP contribution in [0.1, 0.15) is 374 Å². The summed E-state index contributed by atoms with van der Waals surface area (Å²) in [6.07, 6.45) is 72.5. The number of ether oxygens (including phenoxy) is 3. The zero-order chi connectivity index (χ0) is 52.2. The molecule has 0 saturated carbocycles. The molecule has 0 fully saturated rings. The first-order valence-corrected chi connectivity index (χ1v) is 32.7. The Balaban J connectivity index is 4.04. The van der Waals surface area contributed by atoms with Gasteiger partial charge in [0.15, 0.2) is 6.10 Å². The summed E-state index contributed by atoms with van der Waals surface area (Å²) in [6.45, 7) is 6.67. The number of esters is 3. The Hall–Kier alpha value is -1.85. The normalized spacial score (nSPS) is 12.0.